The molecule has 0 aliphatic rings. The lowest BCUT2D eigenvalue weighted by Gasteiger charge is -2.09. The van der Waals surface area contributed by atoms with Gasteiger partial charge in [-0.2, -0.15) is 8.78 Å². The summed E-state index contributed by atoms with van der Waals surface area (Å²) in [4.78, 5) is 8.66. The van der Waals surface area contributed by atoms with Crippen LogP contribution in [0.15, 0.2) is 47.3 Å². The van der Waals surface area contributed by atoms with Gasteiger partial charge in [0.25, 0.3) is 5.89 Å². The lowest BCUT2D eigenvalue weighted by molar-refractivity contribution is 0.116. The number of hydrogen-bond donors (Lipinski definition) is 0. The van der Waals surface area contributed by atoms with Gasteiger partial charge in [-0.05, 0) is 38.1 Å². The van der Waals surface area contributed by atoms with E-state index in [4.69, 9.17) is 9.15 Å². The van der Waals surface area contributed by atoms with Gasteiger partial charge in [0, 0.05) is 18.3 Å². The van der Waals surface area contributed by atoms with E-state index in [2.05, 4.69) is 38.6 Å². The van der Waals surface area contributed by atoms with Crippen LogP contribution in [0, 0.1) is 0 Å². The first-order valence-corrected chi connectivity index (χ1v) is 8.67. The van der Waals surface area contributed by atoms with E-state index in [1.807, 2.05) is 24.5 Å². The maximum atomic E-state index is 12.5. The van der Waals surface area contributed by atoms with E-state index in [-0.39, 0.29) is 12.5 Å². The van der Waals surface area contributed by atoms with Gasteiger partial charge < -0.3 is 13.7 Å². The third-order valence-electron chi connectivity index (χ3n) is 4.19. The predicted octanol–water partition coefficient (Wildman–Crippen LogP) is 4.58. The first-order chi connectivity index (χ1) is 13.5. The molecule has 3 heterocycles. The standard InChI is InChI=1S/C19H17F2N5O2/c1-11(2)26-10-23-15-7-14(5-6-16(15)26)27-9-13-4-3-12(8-22-13)18-24-25-19(28-18)17(20)21/h3-8,10-11,17H,9H2,1-2H3. The summed E-state index contributed by atoms with van der Waals surface area (Å²) < 4.78 is 37.8. The van der Waals surface area contributed by atoms with E-state index >= 15 is 0 Å². The average Bonchev–Trinajstić information content (AvgIpc) is 3.34. The SMILES string of the molecule is CC(C)n1cnc2cc(OCc3ccc(-c4nnc(C(F)F)o4)cn3)ccc21. The topological polar surface area (TPSA) is 78.9 Å². The molecule has 3 aromatic heterocycles. The second-order valence-electron chi connectivity index (χ2n) is 6.47. The molecule has 0 unspecified atom stereocenters. The Bertz CT molecular complexity index is 1090. The Labute approximate surface area is 159 Å². The Balaban J connectivity index is 1.44. The number of benzene rings is 1. The zero-order valence-corrected chi connectivity index (χ0v) is 15.2. The number of aromatic nitrogens is 5. The van der Waals surface area contributed by atoms with E-state index < -0.39 is 12.3 Å². The second kappa shape index (κ2) is 7.34. The summed E-state index contributed by atoms with van der Waals surface area (Å²) in [6.45, 7) is 4.45. The fraction of sp³-hybridized carbons (Fsp3) is 0.263. The summed E-state index contributed by atoms with van der Waals surface area (Å²) in [5, 5.41) is 6.90. The molecule has 28 heavy (non-hydrogen) atoms. The molecule has 0 saturated heterocycles. The molecule has 9 heteroatoms. The molecule has 0 N–H and O–H groups in total. The Morgan fingerprint density at radius 3 is 2.64 bits per heavy atom. The number of halogens is 2. The Kier molecular flexibility index (Phi) is 4.72. The van der Waals surface area contributed by atoms with E-state index in [0.29, 0.717) is 23.0 Å². The van der Waals surface area contributed by atoms with Crippen LogP contribution in [0.3, 0.4) is 0 Å². The first-order valence-electron chi connectivity index (χ1n) is 8.67. The minimum absolute atomic E-state index is 0.00135. The monoisotopic (exact) mass is 385 g/mol. The largest absolute Gasteiger partial charge is 0.487 e. The van der Waals surface area contributed by atoms with Crippen molar-refractivity contribution in [1.82, 2.24) is 24.7 Å². The summed E-state index contributed by atoms with van der Waals surface area (Å²) >= 11 is 0. The maximum Gasteiger partial charge on any atom is 0.314 e. The summed E-state index contributed by atoms with van der Waals surface area (Å²) in [6.07, 6.45) is 0.497. The third-order valence-corrected chi connectivity index (χ3v) is 4.19. The van der Waals surface area contributed by atoms with E-state index in [1.54, 1.807) is 12.1 Å². The number of fused-ring (bicyclic) bond motifs is 1. The number of pyridine rings is 1. The van der Waals surface area contributed by atoms with Crippen molar-refractivity contribution in [3.8, 4) is 17.2 Å². The van der Waals surface area contributed by atoms with Gasteiger partial charge in [0.05, 0.1) is 28.6 Å². The van der Waals surface area contributed by atoms with Crippen molar-refractivity contribution < 1.29 is 17.9 Å². The third kappa shape index (κ3) is 3.55. The fourth-order valence-electron chi connectivity index (χ4n) is 2.75. The average molecular weight is 385 g/mol. The molecule has 4 aromatic rings. The van der Waals surface area contributed by atoms with Gasteiger partial charge in [-0.3, -0.25) is 4.98 Å². The smallest absolute Gasteiger partial charge is 0.314 e. The molecule has 0 saturated carbocycles. The van der Waals surface area contributed by atoms with Gasteiger partial charge in [-0.1, -0.05) is 0 Å². The first kappa shape index (κ1) is 18.0. The van der Waals surface area contributed by atoms with Crippen molar-refractivity contribution in [2.24, 2.45) is 0 Å². The van der Waals surface area contributed by atoms with Crippen molar-refractivity contribution in [2.75, 3.05) is 0 Å². The summed E-state index contributed by atoms with van der Waals surface area (Å²) in [5.41, 5.74) is 3.04. The highest BCUT2D eigenvalue weighted by Crippen LogP contribution is 2.24. The van der Waals surface area contributed by atoms with E-state index in [1.165, 1.54) is 6.20 Å². The van der Waals surface area contributed by atoms with Crippen molar-refractivity contribution in [2.45, 2.75) is 32.9 Å². The molecule has 0 fully saturated rings. The highest BCUT2D eigenvalue weighted by molar-refractivity contribution is 5.77. The van der Waals surface area contributed by atoms with Crippen molar-refractivity contribution in [1.29, 1.82) is 0 Å². The van der Waals surface area contributed by atoms with Crippen molar-refractivity contribution >= 4 is 11.0 Å². The number of nitrogens with zero attached hydrogens (tertiary/aromatic N) is 5. The molecule has 1 aromatic carbocycles. The molecule has 0 spiro atoms. The fourth-order valence-corrected chi connectivity index (χ4v) is 2.75. The van der Waals surface area contributed by atoms with Gasteiger partial charge in [0.2, 0.25) is 5.89 Å². The van der Waals surface area contributed by atoms with Crippen LogP contribution in [0.2, 0.25) is 0 Å². The lowest BCUT2D eigenvalue weighted by atomic mass is 10.2. The zero-order valence-electron chi connectivity index (χ0n) is 15.2. The highest BCUT2D eigenvalue weighted by Gasteiger charge is 2.17. The van der Waals surface area contributed by atoms with Crippen molar-refractivity contribution in [3.05, 3.63) is 54.4 Å². The van der Waals surface area contributed by atoms with Crippen LogP contribution in [0.5, 0.6) is 5.75 Å². The molecule has 144 valence electrons. The molecule has 4 rings (SSSR count). The quantitative estimate of drug-likeness (QED) is 0.483. The van der Waals surface area contributed by atoms with E-state index in [0.717, 1.165) is 11.0 Å². The van der Waals surface area contributed by atoms with Crippen LogP contribution in [0.25, 0.3) is 22.5 Å². The highest BCUT2D eigenvalue weighted by atomic mass is 19.3. The Hall–Kier alpha value is -3.36. The van der Waals surface area contributed by atoms with Gasteiger partial charge in [-0.15, -0.1) is 10.2 Å². The van der Waals surface area contributed by atoms with Crippen LogP contribution in [0.4, 0.5) is 8.78 Å². The summed E-state index contributed by atoms with van der Waals surface area (Å²) in [7, 11) is 0. The van der Waals surface area contributed by atoms with Crippen LogP contribution in [-0.2, 0) is 6.61 Å². The van der Waals surface area contributed by atoms with Gasteiger partial charge >= 0.3 is 6.43 Å². The molecule has 0 amide bonds. The molecule has 7 nitrogen and oxygen atoms in total. The Morgan fingerprint density at radius 1 is 1.11 bits per heavy atom. The maximum absolute atomic E-state index is 12.5. The lowest BCUT2D eigenvalue weighted by Crippen LogP contribution is -1.99. The molecule has 0 aliphatic heterocycles. The minimum Gasteiger partial charge on any atom is -0.487 e. The van der Waals surface area contributed by atoms with Gasteiger partial charge in [-0.25, -0.2) is 4.98 Å². The van der Waals surface area contributed by atoms with E-state index in [9.17, 15) is 8.78 Å². The molecular weight excluding hydrogens is 368 g/mol. The molecular formula is C19H17F2N5O2. The predicted molar refractivity (Wildman–Crippen MR) is 96.9 cm³/mol. The normalized spacial score (nSPS) is 11.6. The second-order valence-corrected chi connectivity index (χ2v) is 6.47. The molecule has 0 aliphatic carbocycles. The number of alkyl halides is 2. The van der Waals surface area contributed by atoms with Crippen molar-refractivity contribution in [3.63, 3.8) is 0 Å². The number of ether oxygens (including phenoxy) is 1. The zero-order chi connectivity index (χ0) is 19.7. The molecule has 0 atom stereocenters. The van der Waals surface area contributed by atoms with Gasteiger partial charge in [0.15, 0.2) is 0 Å². The minimum atomic E-state index is -2.80. The number of rotatable bonds is 6. The Morgan fingerprint density at radius 2 is 1.96 bits per heavy atom. The molecule has 0 bridgehead atoms. The number of imidazole rings is 1. The summed E-state index contributed by atoms with van der Waals surface area (Å²) in [6, 6.07) is 9.46. The van der Waals surface area contributed by atoms with Crippen LogP contribution < -0.4 is 4.74 Å². The van der Waals surface area contributed by atoms with Crippen LogP contribution >= 0.6 is 0 Å². The molecule has 0 radical (unpaired) electrons. The van der Waals surface area contributed by atoms with Crippen LogP contribution in [-0.4, -0.2) is 24.7 Å². The van der Waals surface area contributed by atoms with Gasteiger partial charge in [0.1, 0.15) is 12.4 Å². The summed E-state index contributed by atoms with van der Waals surface area (Å²) in [5.74, 6) is -0.0231. The van der Waals surface area contributed by atoms with Crippen LogP contribution in [0.1, 0.15) is 37.9 Å². The number of hydrogen-bond acceptors (Lipinski definition) is 6.